The van der Waals surface area contributed by atoms with Gasteiger partial charge in [-0.2, -0.15) is 0 Å². The van der Waals surface area contributed by atoms with Crippen LogP contribution in [0.2, 0.25) is 5.02 Å². The van der Waals surface area contributed by atoms with Gasteiger partial charge in [0, 0.05) is 12.8 Å². The Hall–Kier alpha value is -2.05. The molecule has 7 heteroatoms. The van der Waals surface area contributed by atoms with Crippen molar-refractivity contribution in [1.82, 2.24) is 0 Å². The summed E-state index contributed by atoms with van der Waals surface area (Å²) in [6, 6.07) is 11.3. The lowest BCUT2D eigenvalue weighted by Crippen LogP contribution is -2.01. The molecule has 0 fully saturated rings. The fraction of sp³-hybridized carbons (Fsp3) is 0.133. The average Bonchev–Trinajstić information content (AvgIpc) is 2.87. The van der Waals surface area contributed by atoms with Gasteiger partial charge in [-0.1, -0.05) is 23.7 Å². The third-order valence-electron chi connectivity index (χ3n) is 3.02. The highest BCUT2D eigenvalue weighted by Crippen LogP contribution is 2.27. The molecule has 1 heterocycles. The zero-order valence-corrected chi connectivity index (χ0v) is 13.3. The van der Waals surface area contributed by atoms with Gasteiger partial charge in [0.15, 0.2) is 9.84 Å². The summed E-state index contributed by atoms with van der Waals surface area (Å²) in [6.07, 6.45) is 1.04. The van der Waals surface area contributed by atoms with Crippen molar-refractivity contribution in [2.24, 2.45) is 0 Å². The van der Waals surface area contributed by atoms with Crippen LogP contribution in [0.3, 0.4) is 0 Å². The summed E-state index contributed by atoms with van der Waals surface area (Å²) in [4.78, 5) is 10.5. The second-order valence-corrected chi connectivity index (χ2v) is 7.20. The largest absolute Gasteiger partial charge is 0.478 e. The topological polar surface area (TPSA) is 83.5 Å². The Bertz CT molecular complexity index is 818. The van der Waals surface area contributed by atoms with E-state index in [9.17, 15) is 13.2 Å². The molecule has 1 aliphatic rings. The molecule has 0 saturated heterocycles. The Balaban J connectivity index is 0.000000170. The Morgan fingerprint density at radius 1 is 1.23 bits per heavy atom. The first-order chi connectivity index (χ1) is 10.3. The maximum atomic E-state index is 11.0. The monoisotopic (exact) mass is 339 g/mol. The number of carboxylic acids is 1. The zero-order valence-electron chi connectivity index (χ0n) is 11.7. The van der Waals surface area contributed by atoms with Crippen molar-refractivity contribution in [3.05, 3.63) is 58.6 Å². The smallest absolute Gasteiger partial charge is 0.335 e. The fourth-order valence-corrected chi connectivity index (χ4v) is 2.73. The van der Waals surface area contributed by atoms with Gasteiger partial charge in [-0.05, 0) is 35.9 Å². The van der Waals surface area contributed by atoms with Gasteiger partial charge in [0.2, 0.25) is 0 Å². The van der Waals surface area contributed by atoms with Gasteiger partial charge in [-0.15, -0.1) is 0 Å². The van der Waals surface area contributed by atoms with E-state index in [1.807, 2.05) is 12.1 Å². The number of sulfone groups is 1. The van der Waals surface area contributed by atoms with E-state index >= 15 is 0 Å². The zero-order chi connectivity index (χ0) is 16.3. The van der Waals surface area contributed by atoms with Crippen LogP contribution in [0.25, 0.3) is 0 Å². The van der Waals surface area contributed by atoms with Crippen LogP contribution in [-0.4, -0.2) is 25.7 Å². The maximum absolute atomic E-state index is 11.0. The number of halogens is 1. The van der Waals surface area contributed by atoms with Crippen molar-refractivity contribution in [1.29, 1.82) is 0 Å². The number of rotatable bonds is 2. The van der Waals surface area contributed by atoms with Gasteiger partial charge in [-0.25, -0.2) is 13.2 Å². The fourth-order valence-electron chi connectivity index (χ4n) is 1.87. The number of fused-ring (bicyclic) bond motifs is 2. The molecule has 0 aromatic heterocycles. The molecule has 5 nitrogen and oxygen atoms in total. The van der Waals surface area contributed by atoms with Gasteiger partial charge in [-0.3, -0.25) is 0 Å². The van der Waals surface area contributed by atoms with Crippen molar-refractivity contribution in [2.45, 2.75) is 11.4 Å². The van der Waals surface area contributed by atoms with Crippen molar-refractivity contribution >= 4 is 33.1 Å². The lowest BCUT2D eigenvalue weighted by molar-refractivity contribution is 0.0696. The van der Waals surface area contributed by atoms with E-state index in [0.717, 1.165) is 29.6 Å². The summed E-state index contributed by atoms with van der Waals surface area (Å²) in [6.45, 7) is 0.933. The number of hydrogen-bond acceptors (Lipinski definition) is 4. The van der Waals surface area contributed by atoms with Crippen LogP contribution in [0.15, 0.2) is 47.4 Å². The molecule has 0 unspecified atom stereocenters. The third-order valence-corrected chi connectivity index (χ3v) is 4.46. The lowest BCUT2D eigenvalue weighted by Gasteiger charge is -1.98. The number of carbonyl (C=O) groups is 1. The molecule has 0 amide bonds. The Morgan fingerprint density at radius 2 is 1.95 bits per heavy atom. The van der Waals surface area contributed by atoms with Gasteiger partial charge >= 0.3 is 5.97 Å². The van der Waals surface area contributed by atoms with Crippen molar-refractivity contribution in [2.75, 3.05) is 11.6 Å². The number of anilines is 1. The van der Waals surface area contributed by atoms with E-state index in [0.29, 0.717) is 0 Å². The van der Waals surface area contributed by atoms with Crippen LogP contribution in [-0.2, 0) is 16.4 Å². The molecular weight excluding hydrogens is 326 g/mol. The normalized spacial score (nSPS) is 12.1. The van der Waals surface area contributed by atoms with E-state index in [1.54, 1.807) is 0 Å². The van der Waals surface area contributed by atoms with Crippen molar-refractivity contribution in [3.8, 4) is 0 Å². The summed E-state index contributed by atoms with van der Waals surface area (Å²) in [7, 11) is -3.32. The number of aromatic carboxylic acids is 1. The third kappa shape index (κ3) is 3.99. The van der Waals surface area contributed by atoms with Crippen LogP contribution in [0.5, 0.6) is 0 Å². The number of carboxylic acid groups (broad SMARTS) is 1. The van der Waals surface area contributed by atoms with E-state index in [4.69, 9.17) is 16.7 Å². The molecule has 0 aliphatic carbocycles. The summed E-state index contributed by atoms with van der Waals surface area (Å²) < 4.78 is 22.0. The quantitative estimate of drug-likeness (QED) is 0.878. The molecule has 2 bridgehead atoms. The van der Waals surface area contributed by atoms with Gasteiger partial charge < -0.3 is 10.4 Å². The van der Waals surface area contributed by atoms with E-state index < -0.39 is 15.8 Å². The van der Waals surface area contributed by atoms with E-state index in [2.05, 4.69) is 11.4 Å². The molecule has 22 heavy (non-hydrogen) atoms. The number of nitrogens with one attached hydrogen (secondary N) is 1. The first kappa shape index (κ1) is 16.3. The van der Waals surface area contributed by atoms with Crippen LogP contribution < -0.4 is 5.32 Å². The minimum absolute atomic E-state index is 0.0207. The number of hydrogen-bond donors (Lipinski definition) is 2. The molecule has 0 radical (unpaired) electrons. The minimum Gasteiger partial charge on any atom is -0.478 e. The molecule has 3 rings (SSSR count). The lowest BCUT2D eigenvalue weighted by atomic mass is 10.2. The first-order valence-corrected chi connectivity index (χ1v) is 8.60. The van der Waals surface area contributed by atoms with Gasteiger partial charge in [0.25, 0.3) is 0 Å². The van der Waals surface area contributed by atoms with Crippen LogP contribution in [0, 0.1) is 0 Å². The standard InChI is InChI=1S/C8H8O4S.C7H6ClN/c1-13(11,12)7-4-2-3-6(5-7)8(9)10;8-6-2-1-5-3-7(6)9-4-5/h2-5H,1H3,(H,9,10);1-3,9H,4H2. The summed E-state index contributed by atoms with van der Waals surface area (Å²) in [5.74, 6) is -1.13. The van der Waals surface area contributed by atoms with E-state index in [1.165, 1.54) is 23.8 Å². The second-order valence-electron chi connectivity index (χ2n) is 4.77. The van der Waals surface area contributed by atoms with Gasteiger partial charge in [0.1, 0.15) is 0 Å². The molecule has 2 N–H and O–H groups in total. The first-order valence-electron chi connectivity index (χ1n) is 6.33. The molecule has 0 spiro atoms. The average molecular weight is 340 g/mol. The molecular formula is C15H14ClNO4S. The van der Waals surface area contributed by atoms with Crippen LogP contribution in [0.4, 0.5) is 5.69 Å². The van der Waals surface area contributed by atoms with Crippen molar-refractivity contribution < 1.29 is 18.3 Å². The molecule has 2 aromatic carbocycles. The summed E-state index contributed by atoms with van der Waals surface area (Å²) in [5, 5.41) is 12.6. The Morgan fingerprint density at radius 3 is 2.55 bits per heavy atom. The predicted octanol–water partition coefficient (Wildman–Crippen LogP) is 3.05. The Kier molecular flexibility index (Phi) is 4.73. The SMILES string of the molecule is CS(=O)(=O)c1cccc(C(=O)O)c1.Clc1ccc2cc1NC2. The highest BCUT2D eigenvalue weighted by Gasteiger charge is 2.10. The highest BCUT2D eigenvalue weighted by molar-refractivity contribution is 7.90. The van der Waals surface area contributed by atoms with E-state index in [-0.39, 0.29) is 10.5 Å². The second kappa shape index (κ2) is 6.37. The Labute approximate surface area is 133 Å². The van der Waals surface area contributed by atoms with Crippen LogP contribution >= 0.6 is 11.6 Å². The minimum atomic E-state index is -3.32. The maximum Gasteiger partial charge on any atom is 0.335 e. The molecule has 1 aliphatic heterocycles. The predicted molar refractivity (Wildman–Crippen MR) is 85.3 cm³/mol. The van der Waals surface area contributed by atoms with Crippen LogP contribution in [0.1, 0.15) is 15.9 Å². The van der Waals surface area contributed by atoms with Gasteiger partial charge in [0.05, 0.1) is 21.2 Å². The molecule has 116 valence electrons. The molecule has 2 aromatic rings. The summed E-state index contributed by atoms with van der Waals surface area (Å²) in [5.41, 5.74) is 2.35. The molecule has 0 atom stereocenters. The summed E-state index contributed by atoms with van der Waals surface area (Å²) >= 11 is 5.80. The number of benzene rings is 2. The highest BCUT2D eigenvalue weighted by atomic mass is 35.5. The van der Waals surface area contributed by atoms with Crippen molar-refractivity contribution in [3.63, 3.8) is 0 Å². The molecule has 0 saturated carbocycles.